The van der Waals surface area contributed by atoms with Gasteiger partial charge in [0.05, 0.1) is 13.2 Å². The third-order valence-electron chi connectivity index (χ3n) is 3.00. The third-order valence-corrected chi connectivity index (χ3v) is 4.69. The molecule has 0 bridgehead atoms. The van der Waals surface area contributed by atoms with Gasteiger partial charge in [0.25, 0.3) is 0 Å². The zero-order valence-corrected chi connectivity index (χ0v) is 16.4. The van der Waals surface area contributed by atoms with E-state index in [-0.39, 0.29) is 5.92 Å². The Balaban J connectivity index is 4.70. The van der Waals surface area contributed by atoms with E-state index in [1.165, 1.54) is 11.1 Å². The minimum absolute atomic E-state index is 0.157. The predicted octanol–water partition coefficient (Wildman–Crippen LogP) is 5.66. The van der Waals surface area contributed by atoms with E-state index < -0.39 is 7.57 Å². The lowest BCUT2D eigenvalue weighted by Crippen LogP contribution is -1.96. The van der Waals surface area contributed by atoms with Gasteiger partial charge in [-0.1, -0.05) is 42.4 Å². The molecule has 0 aromatic heterocycles. The Morgan fingerprint density at radius 3 is 2.30 bits per heavy atom. The SMILES string of the molecule is CCOP(O)(=C=CC(C)/C=C/C=C(\C)CCC=C(C)C)OCC. The van der Waals surface area contributed by atoms with Crippen molar-refractivity contribution in [3.05, 3.63) is 41.5 Å². The molecule has 0 saturated carbocycles. The molecule has 0 aliphatic carbocycles. The number of allylic oxidation sites excluding steroid dienone is 7. The second-order valence-electron chi connectivity index (χ2n) is 5.73. The van der Waals surface area contributed by atoms with Crippen LogP contribution in [-0.4, -0.2) is 23.6 Å². The van der Waals surface area contributed by atoms with Crippen molar-refractivity contribution in [2.45, 2.75) is 54.4 Å². The maximum Gasteiger partial charge on any atom is 0.300 e. The lowest BCUT2D eigenvalue weighted by Gasteiger charge is -2.14. The number of hydrogen-bond acceptors (Lipinski definition) is 3. The van der Waals surface area contributed by atoms with Crippen molar-refractivity contribution in [2.75, 3.05) is 13.2 Å². The summed E-state index contributed by atoms with van der Waals surface area (Å²) in [5.74, 6) is 0.157. The zero-order valence-electron chi connectivity index (χ0n) is 15.5. The average molecular weight is 340 g/mol. The Bertz CT molecular complexity index is 495. The fourth-order valence-electron chi connectivity index (χ4n) is 1.80. The summed E-state index contributed by atoms with van der Waals surface area (Å²) in [6.07, 6.45) is 12.5. The van der Waals surface area contributed by atoms with E-state index >= 15 is 0 Å². The molecule has 0 radical (unpaired) electrons. The highest BCUT2D eigenvalue weighted by molar-refractivity contribution is 7.59. The van der Waals surface area contributed by atoms with Gasteiger partial charge in [0, 0.05) is 0 Å². The first kappa shape index (κ1) is 22.2. The van der Waals surface area contributed by atoms with Gasteiger partial charge >= 0.3 is 7.57 Å². The van der Waals surface area contributed by atoms with Gasteiger partial charge in [0.1, 0.15) is 0 Å². The first-order valence-corrected chi connectivity index (χ1v) is 9.90. The van der Waals surface area contributed by atoms with Gasteiger partial charge in [-0.3, -0.25) is 0 Å². The number of rotatable bonds is 10. The largest absolute Gasteiger partial charge is 0.327 e. The Morgan fingerprint density at radius 2 is 1.78 bits per heavy atom. The predicted molar refractivity (Wildman–Crippen MR) is 103 cm³/mol. The second kappa shape index (κ2) is 12.6. The van der Waals surface area contributed by atoms with Crippen LogP contribution in [0.3, 0.4) is 0 Å². The smallest absolute Gasteiger partial charge is 0.300 e. The molecule has 1 atom stereocenters. The average Bonchev–Trinajstić information content (AvgIpc) is 2.45. The Kier molecular flexibility index (Phi) is 12.1. The molecule has 132 valence electrons. The monoisotopic (exact) mass is 340 g/mol. The molecule has 0 aromatic carbocycles. The van der Waals surface area contributed by atoms with Crippen molar-refractivity contribution in [2.24, 2.45) is 5.92 Å². The van der Waals surface area contributed by atoms with Crippen LogP contribution in [0.4, 0.5) is 0 Å². The van der Waals surface area contributed by atoms with E-state index in [0.29, 0.717) is 13.2 Å². The second-order valence-corrected chi connectivity index (χ2v) is 7.54. The molecule has 4 heteroatoms. The molecule has 0 saturated heterocycles. The molecule has 0 fully saturated rings. The summed E-state index contributed by atoms with van der Waals surface area (Å²) in [5.41, 5.74) is 5.62. The summed E-state index contributed by atoms with van der Waals surface area (Å²) in [4.78, 5) is 10.2. The van der Waals surface area contributed by atoms with Gasteiger partial charge in [-0.15, -0.1) is 0 Å². The van der Waals surface area contributed by atoms with Crippen LogP contribution in [0, 0.1) is 5.92 Å². The van der Waals surface area contributed by atoms with Crippen molar-refractivity contribution in [1.29, 1.82) is 0 Å². The van der Waals surface area contributed by atoms with Gasteiger partial charge in [0.15, 0.2) is 0 Å². The quantitative estimate of drug-likeness (QED) is 0.317. The molecule has 1 unspecified atom stereocenters. The van der Waals surface area contributed by atoms with Crippen molar-refractivity contribution in [3.8, 4) is 0 Å². The minimum atomic E-state index is -2.96. The minimum Gasteiger partial charge on any atom is -0.327 e. The van der Waals surface area contributed by atoms with E-state index in [1.54, 1.807) is 0 Å². The molecular formula is C19H33O3P. The van der Waals surface area contributed by atoms with E-state index in [4.69, 9.17) is 9.05 Å². The maximum atomic E-state index is 10.2. The van der Waals surface area contributed by atoms with Crippen molar-refractivity contribution in [3.63, 3.8) is 0 Å². The Hall–Kier alpha value is -0.820. The number of hydrogen-bond donors (Lipinski definition) is 1. The third kappa shape index (κ3) is 12.3. The van der Waals surface area contributed by atoms with Crippen LogP contribution < -0.4 is 0 Å². The topological polar surface area (TPSA) is 38.7 Å². The normalized spacial score (nSPS) is 13.8. The molecule has 3 nitrogen and oxygen atoms in total. The van der Waals surface area contributed by atoms with Crippen LogP contribution in [-0.2, 0) is 9.05 Å². The molecule has 0 spiro atoms. The lowest BCUT2D eigenvalue weighted by atomic mass is 10.1. The van der Waals surface area contributed by atoms with Crippen LogP contribution >= 0.6 is 7.57 Å². The summed E-state index contributed by atoms with van der Waals surface area (Å²) >= 11 is 0. The van der Waals surface area contributed by atoms with E-state index in [2.05, 4.69) is 50.5 Å². The highest BCUT2D eigenvalue weighted by atomic mass is 31.2. The molecule has 0 heterocycles. The van der Waals surface area contributed by atoms with Crippen molar-refractivity contribution in [1.82, 2.24) is 0 Å². The Labute approximate surface area is 142 Å². The fourth-order valence-corrected chi connectivity index (χ4v) is 3.14. The molecule has 0 aliphatic rings. The summed E-state index contributed by atoms with van der Waals surface area (Å²) in [7, 11) is -2.96. The summed E-state index contributed by atoms with van der Waals surface area (Å²) < 4.78 is 10.6. The van der Waals surface area contributed by atoms with Crippen molar-refractivity contribution < 1.29 is 13.9 Å². The van der Waals surface area contributed by atoms with E-state index in [9.17, 15) is 4.89 Å². The molecule has 0 aromatic rings. The van der Waals surface area contributed by atoms with Gasteiger partial charge in [-0.2, -0.15) is 0 Å². The van der Waals surface area contributed by atoms with Crippen LogP contribution in [0.5, 0.6) is 0 Å². The molecular weight excluding hydrogens is 307 g/mol. The highest BCUT2D eigenvalue weighted by Gasteiger charge is 2.12. The first-order chi connectivity index (χ1) is 10.8. The van der Waals surface area contributed by atoms with Gasteiger partial charge in [-0.25, -0.2) is 0 Å². The van der Waals surface area contributed by atoms with Gasteiger partial charge in [0.2, 0.25) is 0 Å². The van der Waals surface area contributed by atoms with Crippen LogP contribution in [0.25, 0.3) is 0 Å². The summed E-state index contributed by atoms with van der Waals surface area (Å²) in [6.45, 7) is 12.9. The molecule has 0 rings (SSSR count). The molecule has 1 N–H and O–H groups in total. The Morgan fingerprint density at radius 1 is 1.17 bits per heavy atom. The fraction of sp³-hybridized carbons (Fsp3) is 0.579. The first-order valence-electron chi connectivity index (χ1n) is 8.32. The van der Waals surface area contributed by atoms with E-state index in [1.807, 2.05) is 26.8 Å². The zero-order chi connectivity index (χ0) is 17.7. The summed E-state index contributed by atoms with van der Waals surface area (Å²) in [6, 6.07) is 0. The molecule has 0 amide bonds. The highest BCUT2D eigenvalue weighted by Crippen LogP contribution is 2.43. The van der Waals surface area contributed by atoms with Crippen molar-refractivity contribution >= 4 is 13.0 Å². The lowest BCUT2D eigenvalue weighted by molar-refractivity contribution is 0.210. The summed E-state index contributed by atoms with van der Waals surface area (Å²) in [5, 5.41) is 0. The van der Waals surface area contributed by atoms with Crippen LogP contribution in [0.15, 0.2) is 41.5 Å². The maximum absolute atomic E-state index is 10.2. The van der Waals surface area contributed by atoms with Crippen LogP contribution in [0.1, 0.15) is 54.4 Å². The van der Waals surface area contributed by atoms with Crippen LogP contribution in [0.2, 0.25) is 0 Å². The standard InChI is InChI=1S/C19H33O3P/c1-7-21-23(20,22-8-2)16-15-19(6)14-10-13-18(5)12-9-11-17(3)4/h10-11,13-15,19-20H,7-9,12H2,1-6H3/b14-10+,18-13+. The van der Waals surface area contributed by atoms with Gasteiger partial charge < -0.3 is 13.9 Å². The van der Waals surface area contributed by atoms with Gasteiger partial charge in [-0.05, 0) is 64.9 Å². The molecule has 23 heavy (non-hydrogen) atoms. The van der Waals surface area contributed by atoms with E-state index in [0.717, 1.165) is 12.8 Å². The molecule has 0 aliphatic heterocycles.